The standard InChI is InChI=1S/C12H13F3N4/c13-12(14,15)10-4-1-2-5-11(10)16-6-3-8-19-9-7-17-18-19/h1-2,4-5,7,9,16H,3,6,8H2. The van der Waals surface area contributed by atoms with Gasteiger partial charge in [0.25, 0.3) is 0 Å². The Morgan fingerprint density at radius 3 is 2.68 bits per heavy atom. The van der Waals surface area contributed by atoms with Crippen LogP contribution in [-0.4, -0.2) is 21.5 Å². The zero-order valence-electron chi connectivity index (χ0n) is 10.1. The normalized spacial score (nSPS) is 11.5. The summed E-state index contributed by atoms with van der Waals surface area (Å²) in [5.41, 5.74) is -0.538. The first-order chi connectivity index (χ1) is 9.07. The molecule has 1 aromatic heterocycles. The third-order valence-electron chi connectivity index (χ3n) is 2.58. The molecule has 0 atom stereocenters. The van der Waals surface area contributed by atoms with Gasteiger partial charge in [0.05, 0.1) is 11.8 Å². The van der Waals surface area contributed by atoms with Gasteiger partial charge in [-0.25, -0.2) is 0 Å². The molecule has 4 nitrogen and oxygen atoms in total. The predicted octanol–water partition coefficient (Wildman–Crippen LogP) is 2.80. The van der Waals surface area contributed by atoms with Crippen molar-refractivity contribution < 1.29 is 13.2 Å². The third kappa shape index (κ3) is 3.70. The number of hydrogen-bond donors (Lipinski definition) is 1. The molecule has 0 amide bonds. The first-order valence-corrected chi connectivity index (χ1v) is 5.81. The van der Waals surface area contributed by atoms with Crippen LogP contribution < -0.4 is 5.32 Å². The second-order valence-electron chi connectivity index (χ2n) is 3.99. The van der Waals surface area contributed by atoms with Crippen LogP contribution in [0, 0.1) is 0 Å². The quantitative estimate of drug-likeness (QED) is 0.849. The minimum atomic E-state index is -4.34. The molecule has 7 heteroatoms. The number of nitrogens with zero attached hydrogens (tertiary/aromatic N) is 3. The van der Waals surface area contributed by atoms with Crippen LogP contribution in [0.4, 0.5) is 18.9 Å². The summed E-state index contributed by atoms with van der Waals surface area (Å²) in [6.45, 7) is 1.05. The SMILES string of the molecule is FC(F)(F)c1ccccc1NCCCn1ccnn1. The lowest BCUT2D eigenvalue weighted by molar-refractivity contribution is -0.136. The van der Waals surface area contributed by atoms with Crippen LogP contribution >= 0.6 is 0 Å². The predicted molar refractivity (Wildman–Crippen MR) is 64.6 cm³/mol. The fraction of sp³-hybridized carbons (Fsp3) is 0.333. The third-order valence-corrected chi connectivity index (χ3v) is 2.58. The second-order valence-corrected chi connectivity index (χ2v) is 3.99. The maximum atomic E-state index is 12.7. The molecule has 19 heavy (non-hydrogen) atoms. The lowest BCUT2D eigenvalue weighted by Crippen LogP contribution is -2.12. The Morgan fingerprint density at radius 1 is 1.21 bits per heavy atom. The average Bonchev–Trinajstić information content (AvgIpc) is 2.87. The molecule has 102 valence electrons. The Morgan fingerprint density at radius 2 is 2.00 bits per heavy atom. The summed E-state index contributed by atoms with van der Waals surface area (Å²) in [6.07, 6.45) is -0.402. The van der Waals surface area contributed by atoms with E-state index in [2.05, 4.69) is 15.6 Å². The van der Waals surface area contributed by atoms with Crippen LogP contribution in [0.25, 0.3) is 0 Å². The van der Waals surface area contributed by atoms with E-state index in [1.54, 1.807) is 23.1 Å². The Balaban J connectivity index is 1.89. The van der Waals surface area contributed by atoms with Gasteiger partial charge >= 0.3 is 6.18 Å². The van der Waals surface area contributed by atoms with E-state index in [9.17, 15) is 13.2 Å². The summed E-state index contributed by atoms with van der Waals surface area (Å²) in [5, 5.41) is 10.2. The number of aryl methyl sites for hydroxylation is 1. The van der Waals surface area contributed by atoms with E-state index >= 15 is 0 Å². The maximum absolute atomic E-state index is 12.7. The average molecular weight is 270 g/mol. The molecule has 0 radical (unpaired) electrons. The van der Waals surface area contributed by atoms with Crippen molar-refractivity contribution in [1.82, 2.24) is 15.0 Å². The van der Waals surface area contributed by atoms with E-state index in [1.807, 2.05) is 0 Å². The molecule has 1 N–H and O–H groups in total. The Kier molecular flexibility index (Phi) is 4.03. The molecule has 0 fully saturated rings. The molecule has 0 aliphatic heterocycles. The van der Waals surface area contributed by atoms with Crippen LogP contribution in [0.1, 0.15) is 12.0 Å². The van der Waals surface area contributed by atoms with Crippen molar-refractivity contribution in [2.24, 2.45) is 0 Å². The number of nitrogens with one attached hydrogen (secondary N) is 1. The highest BCUT2D eigenvalue weighted by Crippen LogP contribution is 2.34. The van der Waals surface area contributed by atoms with Gasteiger partial charge in [-0.3, -0.25) is 4.68 Å². The van der Waals surface area contributed by atoms with E-state index in [0.29, 0.717) is 19.5 Å². The minimum absolute atomic E-state index is 0.105. The number of anilines is 1. The van der Waals surface area contributed by atoms with E-state index in [1.165, 1.54) is 12.1 Å². The van der Waals surface area contributed by atoms with Gasteiger partial charge in [0.15, 0.2) is 0 Å². The number of halogens is 3. The zero-order valence-corrected chi connectivity index (χ0v) is 10.1. The van der Waals surface area contributed by atoms with Crippen LogP contribution in [-0.2, 0) is 12.7 Å². The first kappa shape index (κ1) is 13.4. The molecule has 0 saturated carbocycles. The van der Waals surface area contributed by atoms with Crippen LogP contribution in [0.5, 0.6) is 0 Å². The summed E-state index contributed by atoms with van der Waals surface area (Å²) in [7, 11) is 0. The monoisotopic (exact) mass is 270 g/mol. The number of rotatable bonds is 5. The maximum Gasteiger partial charge on any atom is 0.418 e. The molecular weight excluding hydrogens is 257 g/mol. The fourth-order valence-electron chi connectivity index (χ4n) is 1.70. The Labute approximate surface area is 108 Å². The molecule has 0 aliphatic carbocycles. The number of benzene rings is 1. The second kappa shape index (κ2) is 5.73. The van der Waals surface area contributed by atoms with E-state index < -0.39 is 11.7 Å². The van der Waals surface area contributed by atoms with E-state index in [-0.39, 0.29) is 5.69 Å². The van der Waals surface area contributed by atoms with Gasteiger partial charge in [0, 0.05) is 25.0 Å². The Hall–Kier alpha value is -2.05. The Bertz CT molecular complexity index is 508. The van der Waals surface area contributed by atoms with E-state index in [0.717, 1.165) is 6.07 Å². The summed E-state index contributed by atoms with van der Waals surface area (Å²) in [5.74, 6) is 0. The molecule has 0 spiro atoms. The van der Waals surface area contributed by atoms with Gasteiger partial charge in [-0.05, 0) is 18.6 Å². The fourth-order valence-corrected chi connectivity index (χ4v) is 1.70. The molecule has 0 saturated heterocycles. The summed E-state index contributed by atoms with van der Waals surface area (Å²) >= 11 is 0. The first-order valence-electron chi connectivity index (χ1n) is 5.81. The lowest BCUT2D eigenvalue weighted by Gasteiger charge is -2.14. The zero-order chi connectivity index (χ0) is 13.7. The van der Waals surface area contributed by atoms with Crippen molar-refractivity contribution in [2.75, 3.05) is 11.9 Å². The minimum Gasteiger partial charge on any atom is -0.384 e. The largest absolute Gasteiger partial charge is 0.418 e. The molecule has 0 aliphatic rings. The lowest BCUT2D eigenvalue weighted by atomic mass is 10.1. The van der Waals surface area contributed by atoms with Gasteiger partial charge in [-0.15, -0.1) is 5.10 Å². The topological polar surface area (TPSA) is 42.7 Å². The number of alkyl halides is 3. The van der Waals surface area contributed by atoms with Crippen LogP contribution in [0.3, 0.4) is 0 Å². The van der Waals surface area contributed by atoms with Gasteiger partial charge in [-0.2, -0.15) is 13.2 Å². The number of aromatic nitrogens is 3. The molecule has 1 aromatic carbocycles. The highest BCUT2D eigenvalue weighted by atomic mass is 19.4. The van der Waals surface area contributed by atoms with Gasteiger partial charge in [0.2, 0.25) is 0 Å². The van der Waals surface area contributed by atoms with Crippen molar-refractivity contribution in [1.29, 1.82) is 0 Å². The van der Waals surface area contributed by atoms with Crippen molar-refractivity contribution in [2.45, 2.75) is 19.1 Å². The highest BCUT2D eigenvalue weighted by Gasteiger charge is 2.32. The number of para-hydroxylation sites is 1. The van der Waals surface area contributed by atoms with Crippen molar-refractivity contribution in [3.05, 3.63) is 42.2 Å². The van der Waals surface area contributed by atoms with Crippen molar-refractivity contribution in [3.8, 4) is 0 Å². The van der Waals surface area contributed by atoms with E-state index in [4.69, 9.17) is 0 Å². The van der Waals surface area contributed by atoms with Gasteiger partial charge in [-0.1, -0.05) is 17.3 Å². The molecule has 0 bridgehead atoms. The van der Waals surface area contributed by atoms with Crippen LogP contribution in [0.15, 0.2) is 36.7 Å². The summed E-state index contributed by atoms with van der Waals surface area (Å²) in [6, 6.07) is 5.45. The smallest absolute Gasteiger partial charge is 0.384 e. The van der Waals surface area contributed by atoms with Crippen molar-refractivity contribution in [3.63, 3.8) is 0 Å². The van der Waals surface area contributed by atoms with Crippen molar-refractivity contribution >= 4 is 5.69 Å². The molecule has 1 heterocycles. The molecular formula is C12H13F3N4. The number of hydrogen-bond acceptors (Lipinski definition) is 3. The molecule has 2 aromatic rings. The van der Waals surface area contributed by atoms with Gasteiger partial charge < -0.3 is 5.32 Å². The summed E-state index contributed by atoms with van der Waals surface area (Å²) in [4.78, 5) is 0. The summed E-state index contributed by atoms with van der Waals surface area (Å²) < 4.78 is 39.8. The van der Waals surface area contributed by atoms with Gasteiger partial charge in [0.1, 0.15) is 0 Å². The molecule has 0 unspecified atom stereocenters. The van der Waals surface area contributed by atoms with Crippen LogP contribution in [0.2, 0.25) is 0 Å². The highest BCUT2D eigenvalue weighted by molar-refractivity contribution is 5.52. The molecule has 2 rings (SSSR count).